The molecule has 0 unspecified atom stereocenters. The van der Waals surface area contributed by atoms with E-state index in [-0.39, 0.29) is 0 Å². The molecule has 0 saturated carbocycles. The quantitative estimate of drug-likeness (QED) is 0.869. The maximum atomic E-state index is 4.59. The molecule has 0 fully saturated rings. The summed E-state index contributed by atoms with van der Waals surface area (Å²) in [7, 11) is 0. The molecule has 3 nitrogen and oxygen atoms in total. The van der Waals surface area contributed by atoms with Gasteiger partial charge in [-0.05, 0) is 38.8 Å². The highest BCUT2D eigenvalue weighted by Gasteiger charge is 2.09. The molecule has 0 amide bonds. The summed E-state index contributed by atoms with van der Waals surface area (Å²) in [5, 5.41) is 8.18. The molecule has 0 bridgehead atoms. The molecule has 1 atom stereocenters. The molecule has 0 radical (unpaired) electrons. The second-order valence-electron chi connectivity index (χ2n) is 5.31. The third-order valence-corrected chi connectivity index (χ3v) is 3.71. The van der Waals surface area contributed by atoms with Gasteiger partial charge in [0, 0.05) is 19.1 Å². The maximum absolute atomic E-state index is 4.59. The van der Waals surface area contributed by atoms with Gasteiger partial charge >= 0.3 is 0 Å². The topological polar surface area (TPSA) is 29.9 Å². The van der Waals surface area contributed by atoms with Gasteiger partial charge in [0.1, 0.15) is 0 Å². The SMILES string of the molecule is CCc1cc(CN[C@@H](C)c2cccc(C)c2)n(CC)n1. The number of nitrogens with one attached hydrogen (secondary N) is 1. The van der Waals surface area contributed by atoms with Crippen LogP contribution in [0.25, 0.3) is 0 Å². The number of benzene rings is 1. The van der Waals surface area contributed by atoms with Crippen molar-refractivity contribution in [3.8, 4) is 0 Å². The van der Waals surface area contributed by atoms with Crippen LogP contribution in [0.5, 0.6) is 0 Å². The van der Waals surface area contributed by atoms with E-state index in [0.29, 0.717) is 6.04 Å². The summed E-state index contributed by atoms with van der Waals surface area (Å²) in [5.74, 6) is 0. The average Bonchev–Trinajstić information content (AvgIpc) is 2.87. The number of hydrogen-bond acceptors (Lipinski definition) is 2. The van der Waals surface area contributed by atoms with Crippen LogP contribution in [-0.2, 0) is 19.5 Å². The molecule has 20 heavy (non-hydrogen) atoms. The van der Waals surface area contributed by atoms with Gasteiger partial charge in [-0.15, -0.1) is 0 Å². The van der Waals surface area contributed by atoms with E-state index in [1.165, 1.54) is 22.5 Å². The fraction of sp³-hybridized carbons (Fsp3) is 0.471. The van der Waals surface area contributed by atoms with E-state index in [0.717, 1.165) is 19.5 Å². The summed E-state index contributed by atoms with van der Waals surface area (Å²) in [6.07, 6.45) is 0.993. The zero-order valence-corrected chi connectivity index (χ0v) is 13.0. The smallest absolute Gasteiger partial charge is 0.0625 e. The molecule has 2 rings (SSSR count). The van der Waals surface area contributed by atoms with Crippen LogP contribution in [0.2, 0.25) is 0 Å². The fourth-order valence-electron chi connectivity index (χ4n) is 2.42. The molecule has 108 valence electrons. The number of nitrogens with zero attached hydrogens (tertiary/aromatic N) is 2. The van der Waals surface area contributed by atoms with Gasteiger partial charge in [0.25, 0.3) is 0 Å². The minimum absolute atomic E-state index is 0.347. The molecule has 1 heterocycles. The van der Waals surface area contributed by atoms with Crippen LogP contribution in [0.4, 0.5) is 0 Å². The highest BCUT2D eigenvalue weighted by Crippen LogP contribution is 2.15. The molecule has 0 aliphatic carbocycles. The Balaban J connectivity index is 2.03. The number of aryl methyl sites for hydroxylation is 3. The summed E-state index contributed by atoms with van der Waals surface area (Å²) in [6.45, 7) is 10.4. The van der Waals surface area contributed by atoms with Gasteiger partial charge in [-0.25, -0.2) is 0 Å². The lowest BCUT2D eigenvalue weighted by atomic mass is 10.1. The first-order chi connectivity index (χ1) is 9.63. The summed E-state index contributed by atoms with van der Waals surface area (Å²) < 4.78 is 2.09. The van der Waals surface area contributed by atoms with Crippen LogP contribution in [0.15, 0.2) is 30.3 Å². The van der Waals surface area contributed by atoms with Crippen LogP contribution >= 0.6 is 0 Å². The van der Waals surface area contributed by atoms with Crippen molar-refractivity contribution in [2.24, 2.45) is 0 Å². The molecular formula is C17H25N3. The zero-order valence-electron chi connectivity index (χ0n) is 13.0. The van der Waals surface area contributed by atoms with Crippen molar-refractivity contribution in [2.75, 3.05) is 0 Å². The van der Waals surface area contributed by atoms with Crippen molar-refractivity contribution >= 4 is 0 Å². The van der Waals surface area contributed by atoms with Crippen LogP contribution in [-0.4, -0.2) is 9.78 Å². The summed E-state index contributed by atoms with van der Waals surface area (Å²) >= 11 is 0. The van der Waals surface area contributed by atoms with Gasteiger partial charge in [0.05, 0.1) is 11.4 Å². The third-order valence-electron chi connectivity index (χ3n) is 3.71. The van der Waals surface area contributed by atoms with Crippen LogP contribution in [0.1, 0.15) is 49.3 Å². The van der Waals surface area contributed by atoms with Crippen molar-refractivity contribution in [1.82, 2.24) is 15.1 Å². The van der Waals surface area contributed by atoms with Crippen molar-refractivity contribution in [1.29, 1.82) is 0 Å². The van der Waals surface area contributed by atoms with Gasteiger partial charge in [-0.1, -0.05) is 36.8 Å². The van der Waals surface area contributed by atoms with E-state index in [1.54, 1.807) is 0 Å². The lowest BCUT2D eigenvalue weighted by Gasteiger charge is -2.15. The lowest BCUT2D eigenvalue weighted by Crippen LogP contribution is -2.20. The Morgan fingerprint density at radius 1 is 1.25 bits per heavy atom. The van der Waals surface area contributed by atoms with E-state index in [1.807, 2.05) is 0 Å². The summed E-state index contributed by atoms with van der Waals surface area (Å²) in [4.78, 5) is 0. The first kappa shape index (κ1) is 14.8. The van der Waals surface area contributed by atoms with E-state index >= 15 is 0 Å². The van der Waals surface area contributed by atoms with Crippen LogP contribution in [0, 0.1) is 6.92 Å². The van der Waals surface area contributed by atoms with Crippen LogP contribution < -0.4 is 5.32 Å². The second kappa shape index (κ2) is 6.71. The van der Waals surface area contributed by atoms with Gasteiger partial charge in [-0.3, -0.25) is 4.68 Å². The molecule has 1 N–H and O–H groups in total. The predicted molar refractivity (Wildman–Crippen MR) is 83.7 cm³/mol. The van der Waals surface area contributed by atoms with Crippen molar-refractivity contribution in [3.63, 3.8) is 0 Å². The van der Waals surface area contributed by atoms with E-state index < -0.39 is 0 Å². The second-order valence-corrected chi connectivity index (χ2v) is 5.31. The molecule has 0 aliphatic rings. The first-order valence-electron chi connectivity index (χ1n) is 7.49. The average molecular weight is 271 g/mol. The fourth-order valence-corrected chi connectivity index (χ4v) is 2.42. The molecule has 1 aromatic carbocycles. The third kappa shape index (κ3) is 3.48. The molecule has 0 aliphatic heterocycles. The van der Waals surface area contributed by atoms with Gasteiger partial charge in [0.15, 0.2) is 0 Å². The van der Waals surface area contributed by atoms with Crippen molar-refractivity contribution in [3.05, 3.63) is 52.8 Å². The largest absolute Gasteiger partial charge is 0.305 e. The summed E-state index contributed by atoms with van der Waals surface area (Å²) in [5.41, 5.74) is 5.09. The molecule has 0 spiro atoms. The van der Waals surface area contributed by atoms with Gasteiger partial charge < -0.3 is 5.32 Å². The summed E-state index contributed by atoms with van der Waals surface area (Å²) in [6, 6.07) is 11.2. The van der Waals surface area contributed by atoms with E-state index in [4.69, 9.17) is 0 Å². The normalized spacial score (nSPS) is 12.6. The maximum Gasteiger partial charge on any atom is 0.0625 e. The van der Waals surface area contributed by atoms with Crippen LogP contribution in [0.3, 0.4) is 0 Å². The van der Waals surface area contributed by atoms with E-state index in [9.17, 15) is 0 Å². The minimum Gasteiger partial charge on any atom is -0.305 e. The van der Waals surface area contributed by atoms with E-state index in [2.05, 4.69) is 73.1 Å². The molecular weight excluding hydrogens is 246 g/mol. The Hall–Kier alpha value is -1.61. The lowest BCUT2D eigenvalue weighted by molar-refractivity contribution is 0.530. The molecule has 2 aromatic rings. The van der Waals surface area contributed by atoms with Gasteiger partial charge in [-0.2, -0.15) is 5.10 Å². The molecule has 0 saturated heterocycles. The minimum atomic E-state index is 0.347. The van der Waals surface area contributed by atoms with Crippen molar-refractivity contribution < 1.29 is 0 Å². The standard InChI is InChI=1S/C17H25N3/c1-5-16-11-17(20(6-2)19-16)12-18-14(4)15-9-7-8-13(3)10-15/h7-11,14,18H,5-6,12H2,1-4H3/t14-/m0/s1. The zero-order chi connectivity index (χ0) is 14.5. The monoisotopic (exact) mass is 271 g/mol. The number of rotatable bonds is 6. The highest BCUT2D eigenvalue weighted by molar-refractivity contribution is 5.24. The Morgan fingerprint density at radius 3 is 2.70 bits per heavy atom. The molecule has 3 heteroatoms. The Morgan fingerprint density at radius 2 is 2.05 bits per heavy atom. The predicted octanol–water partition coefficient (Wildman–Crippen LogP) is 3.62. The van der Waals surface area contributed by atoms with Crippen molar-refractivity contribution in [2.45, 2.75) is 53.2 Å². The van der Waals surface area contributed by atoms with Gasteiger partial charge in [0.2, 0.25) is 0 Å². The Labute approximate surface area is 122 Å². The molecule has 1 aromatic heterocycles. The number of hydrogen-bond donors (Lipinski definition) is 1. The first-order valence-corrected chi connectivity index (χ1v) is 7.49. The highest BCUT2D eigenvalue weighted by atomic mass is 15.3. The Kier molecular flexibility index (Phi) is 4.96. The Bertz CT molecular complexity index is 557. The number of aromatic nitrogens is 2.